The van der Waals surface area contributed by atoms with Gasteiger partial charge in [0, 0.05) is 22.5 Å². The number of benzene rings is 1. The van der Waals surface area contributed by atoms with Crippen LogP contribution < -0.4 is 20.1 Å². The second-order valence-electron chi connectivity index (χ2n) is 7.85. The molecule has 1 saturated carbocycles. The van der Waals surface area contributed by atoms with Crippen LogP contribution in [0.3, 0.4) is 0 Å². The van der Waals surface area contributed by atoms with E-state index in [2.05, 4.69) is 15.6 Å². The first-order chi connectivity index (χ1) is 15.6. The number of thiophene rings is 1. The maximum absolute atomic E-state index is 12.6. The number of hydrogen-bond acceptors (Lipinski definition) is 7. The van der Waals surface area contributed by atoms with E-state index in [-0.39, 0.29) is 24.3 Å². The van der Waals surface area contributed by atoms with Crippen molar-refractivity contribution in [1.29, 1.82) is 0 Å². The zero-order valence-electron chi connectivity index (χ0n) is 17.6. The molecular weight excluding hydrogens is 430 g/mol. The summed E-state index contributed by atoms with van der Waals surface area (Å²) < 4.78 is 16.9. The number of aryl methyl sites for hydroxylation is 1. The molecule has 1 aliphatic carbocycles. The number of fused-ring (bicyclic) bond motifs is 1. The zero-order valence-corrected chi connectivity index (χ0v) is 18.4. The Kier molecular flexibility index (Phi) is 5.57. The first-order valence-corrected chi connectivity index (χ1v) is 11.5. The molecule has 2 aromatic heterocycles. The monoisotopic (exact) mass is 453 g/mol. The van der Waals surface area contributed by atoms with Crippen molar-refractivity contribution in [1.82, 2.24) is 10.3 Å². The minimum Gasteiger partial charge on any atom is -0.485 e. The van der Waals surface area contributed by atoms with Crippen LogP contribution in [0.5, 0.6) is 11.5 Å². The number of carbonyl (C=O) groups excluding carboxylic acids is 2. The molecule has 9 heteroatoms. The Balaban J connectivity index is 1.22. The van der Waals surface area contributed by atoms with Crippen molar-refractivity contribution in [2.45, 2.75) is 32.7 Å². The van der Waals surface area contributed by atoms with E-state index in [1.54, 1.807) is 5.38 Å². The van der Waals surface area contributed by atoms with Gasteiger partial charge in [-0.25, -0.2) is 4.98 Å². The van der Waals surface area contributed by atoms with Crippen LogP contribution in [0.25, 0.3) is 11.5 Å². The van der Waals surface area contributed by atoms with Gasteiger partial charge in [0.25, 0.3) is 5.91 Å². The van der Waals surface area contributed by atoms with E-state index < -0.39 is 0 Å². The topological polar surface area (TPSA) is 103 Å². The molecule has 1 aliphatic heterocycles. The Labute approximate surface area is 188 Å². The predicted octanol–water partition coefficient (Wildman–Crippen LogP) is 4.15. The summed E-state index contributed by atoms with van der Waals surface area (Å²) in [6.07, 6.45) is 3.06. The largest absolute Gasteiger partial charge is 0.485 e. The third-order valence-corrected chi connectivity index (χ3v) is 6.63. The molecule has 0 atom stereocenters. The second kappa shape index (κ2) is 8.66. The van der Waals surface area contributed by atoms with E-state index in [9.17, 15) is 9.59 Å². The Morgan fingerprint density at radius 1 is 1.16 bits per heavy atom. The van der Waals surface area contributed by atoms with Crippen molar-refractivity contribution in [3.8, 4) is 23.0 Å². The van der Waals surface area contributed by atoms with Crippen molar-refractivity contribution in [3.63, 3.8) is 0 Å². The number of carbonyl (C=O) groups is 2. The summed E-state index contributed by atoms with van der Waals surface area (Å²) >= 11 is 1.29. The molecule has 5 rings (SSSR count). The molecule has 166 valence electrons. The number of aromatic nitrogens is 1. The van der Waals surface area contributed by atoms with Crippen LogP contribution in [0.2, 0.25) is 0 Å². The third-order valence-electron chi connectivity index (χ3n) is 5.69. The Hall–Kier alpha value is -3.33. The number of hydrogen-bond donors (Lipinski definition) is 2. The van der Waals surface area contributed by atoms with Crippen molar-refractivity contribution in [2.24, 2.45) is 5.92 Å². The molecule has 1 aromatic carbocycles. The van der Waals surface area contributed by atoms with Crippen molar-refractivity contribution in [3.05, 3.63) is 46.0 Å². The molecule has 1 fully saturated rings. The molecule has 0 radical (unpaired) electrons. The van der Waals surface area contributed by atoms with Crippen LogP contribution in [0.4, 0.5) is 5.69 Å². The standard InChI is InChI=1S/C23H23N3O5S/c1-13-17(11-24-22(28)20-19-18(12-32-20)29-9-10-30-19)26-23(31-13)15-5-7-16(8-6-15)25-21(27)14-3-2-4-14/h5-8,12,14H,2-4,9-11H2,1H3,(H,24,28)(H,25,27). The fourth-order valence-corrected chi connectivity index (χ4v) is 4.44. The smallest absolute Gasteiger partial charge is 0.265 e. The number of ether oxygens (including phenoxy) is 2. The van der Waals surface area contributed by atoms with Gasteiger partial charge in [0.05, 0.1) is 6.54 Å². The number of rotatable bonds is 6. The molecule has 0 bridgehead atoms. The van der Waals surface area contributed by atoms with E-state index in [1.165, 1.54) is 11.3 Å². The molecule has 2 N–H and O–H groups in total. The lowest BCUT2D eigenvalue weighted by Crippen LogP contribution is -2.27. The molecule has 8 nitrogen and oxygen atoms in total. The van der Waals surface area contributed by atoms with E-state index >= 15 is 0 Å². The maximum atomic E-state index is 12.6. The SMILES string of the molecule is Cc1oc(-c2ccc(NC(=O)C3CCC3)cc2)nc1CNC(=O)c1scc2c1OCCO2. The van der Waals surface area contributed by atoms with Crippen molar-refractivity contribution >= 4 is 28.8 Å². The minimum atomic E-state index is -0.239. The predicted molar refractivity (Wildman–Crippen MR) is 119 cm³/mol. The molecule has 2 amide bonds. The number of nitrogens with zero attached hydrogens (tertiary/aromatic N) is 1. The fraction of sp³-hybridized carbons (Fsp3) is 0.348. The molecule has 0 spiro atoms. The van der Waals surface area contributed by atoms with Gasteiger partial charge in [0.1, 0.15) is 29.5 Å². The van der Waals surface area contributed by atoms with Crippen molar-refractivity contribution < 1.29 is 23.5 Å². The van der Waals surface area contributed by atoms with E-state index in [0.29, 0.717) is 46.9 Å². The van der Waals surface area contributed by atoms with Gasteiger partial charge < -0.3 is 24.5 Å². The summed E-state index contributed by atoms with van der Waals surface area (Å²) in [6, 6.07) is 7.41. The van der Waals surface area contributed by atoms with Gasteiger partial charge in [-0.05, 0) is 44.0 Å². The lowest BCUT2D eigenvalue weighted by molar-refractivity contribution is -0.122. The molecule has 0 saturated heterocycles. The maximum Gasteiger partial charge on any atom is 0.265 e. The highest BCUT2D eigenvalue weighted by molar-refractivity contribution is 7.12. The fourth-order valence-electron chi connectivity index (χ4n) is 3.59. The zero-order chi connectivity index (χ0) is 22.1. The first-order valence-electron chi connectivity index (χ1n) is 10.6. The third kappa shape index (κ3) is 4.08. The Morgan fingerprint density at radius 2 is 1.94 bits per heavy atom. The van der Waals surface area contributed by atoms with Gasteiger partial charge in [-0.15, -0.1) is 11.3 Å². The summed E-state index contributed by atoms with van der Waals surface area (Å²) in [5.74, 6) is 2.19. The number of oxazole rings is 1. The molecule has 2 aliphatic rings. The van der Waals surface area contributed by atoms with Gasteiger partial charge in [-0.3, -0.25) is 9.59 Å². The number of nitrogens with one attached hydrogen (secondary N) is 2. The van der Waals surface area contributed by atoms with Gasteiger partial charge in [0.2, 0.25) is 11.8 Å². The summed E-state index contributed by atoms with van der Waals surface area (Å²) in [7, 11) is 0. The molecule has 3 aromatic rings. The lowest BCUT2D eigenvalue weighted by Gasteiger charge is -2.24. The molecule has 3 heterocycles. The van der Waals surface area contributed by atoms with Crippen LogP contribution in [0, 0.1) is 12.8 Å². The van der Waals surface area contributed by atoms with Gasteiger partial charge in [-0.2, -0.15) is 0 Å². The van der Waals surface area contributed by atoms with Crippen molar-refractivity contribution in [2.75, 3.05) is 18.5 Å². The van der Waals surface area contributed by atoms with E-state index in [0.717, 1.165) is 30.5 Å². The van der Waals surface area contributed by atoms with Crippen LogP contribution in [0.15, 0.2) is 34.1 Å². The lowest BCUT2D eigenvalue weighted by atomic mass is 9.85. The van der Waals surface area contributed by atoms with E-state index in [1.807, 2.05) is 31.2 Å². The average Bonchev–Trinajstić information content (AvgIpc) is 3.35. The average molecular weight is 454 g/mol. The quantitative estimate of drug-likeness (QED) is 0.581. The molecule has 0 unspecified atom stereocenters. The second-order valence-corrected chi connectivity index (χ2v) is 8.73. The molecular formula is C23H23N3O5S. The van der Waals surface area contributed by atoms with Gasteiger partial charge >= 0.3 is 0 Å². The molecule has 32 heavy (non-hydrogen) atoms. The van der Waals surface area contributed by atoms with Crippen LogP contribution >= 0.6 is 11.3 Å². The summed E-state index contributed by atoms with van der Waals surface area (Å²) in [5.41, 5.74) is 2.20. The highest BCUT2D eigenvalue weighted by Gasteiger charge is 2.25. The van der Waals surface area contributed by atoms with Crippen LogP contribution in [0.1, 0.15) is 40.4 Å². The van der Waals surface area contributed by atoms with Crippen LogP contribution in [-0.4, -0.2) is 30.0 Å². The highest BCUT2D eigenvalue weighted by atomic mass is 32.1. The summed E-state index contributed by atoms with van der Waals surface area (Å²) in [6.45, 7) is 2.96. The first kappa shape index (κ1) is 20.6. The normalized spacial score (nSPS) is 15.2. The number of anilines is 1. The highest BCUT2D eigenvalue weighted by Crippen LogP contribution is 2.39. The van der Waals surface area contributed by atoms with Gasteiger partial charge in [-0.1, -0.05) is 6.42 Å². The van der Waals surface area contributed by atoms with Crippen LogP contribution in [-0.2, 0) is 11.3 Å². The summed E-state index contributed by atoms with van der Waals surface area (Å²) in [5, 5.41) is 7.61. The summed E-state index contributed by atoms with van der Waals surface area (Å²) in [4.78, 5) is 29.7. The number of amides is 2. The Morgan fingerprint density at radius 3 is 2.69 bits per heavy atom. The van der Waals surface area contributed by atoms with E-state index in [4.69, 9.17) is 13.9 Å². The Bertz CT molecular complexity index is 1150. The minimum absolute atomic E-state index is 0.0814. The van der Waals surface area contributed by atoms with Gasteiger partial charge in [0.15, 0.2) is 11.5 Å².